The average molecular weight is 171 g/mol. The standard InChI is InChI=1S/C9H17NO2/c1-2-12-8-5-3-7(4-6-8)9(10)11/h7-8H,2-6H2,1H3,(H2,10,11). The summed E-state index contributed by atoms with van der Waals surface area (Å²) in [5.74, 6) is -0.0494. The summed E-state index contributed by atoms with van der Waals surface area (Å²) in [7, 11) is 0. The summed E-state index contributed by atoms with van der Waals surface area (Å²) in [6.45, 7) is 2.77. The predicted octanol–water partition coefficient (Wildman–Crippen LogP) is 1.07. The van der Waals surface area contributed by atoms with Crippen LogP contribution in [0.5, 0.6) is 0 Å². The van der Waals surface area contributed by atoms with Crippen molar-refractivity contribution in [2.24, 2.45) is 11.7 Å². The van der Waals surface area contributed by atoms with Gasteiger partial charge in [-0.25, -0.2) is 0 Å². The number of rotatable bonds is 3. The van der Waals surface area contributed by atoms with Crippen molar-refractivity contribution in [2.75, 3.05) is 6.61 Å². The monoisotopic (exact) mass is 171 g/mol. The Bertz CT molecular complexity index is 151. The zero-order valence-corrected chi connectivity index (χ0v) is 7.58. The molecule has 0 radical (unpaired) electrons. The number of hydrogen-bond donors (Lipinski definition) is 1. The molecule has 1 rings (SSSR count). The third-order valence-electron chi connectivity index (χ3n) is 2.48. The second kappa shape index (κ2) is 4.45. The molecule has 0 unspecified atom stereocenters. The summed E-state index contributed by atoms with van der Waals surface area (Å²) in [5, 5.41) is 0. The lowest BCUT2D eigenvalue weighted by molar-refractivity contribution is -0.123. The maximum atomic E-state index is 10.8. The van der Waals surface area contributed by atoms with Crippen molar-refractivity contribution in [1.29, 1.82) is 0 Å². The van der Waals surface area contributed by atoms with Gasteiger partial charge in [0.15, 0.2) is 0 Å². The molecular formula is C9H17NO2. The Morgan fingerprint density at radius 2 is 2.00 bits per heavy atom. The van der Waals surface area contributed by atoms with Crippen molar-refractivity contribution in [3.63, 3.8) is 0 Å². The number of carbonyl (C=O) groups excluding carboxylic acids is 1. The average Bonchev–Trinajstić information content (AvgIpc) is 2.06. The number of amides is 1. The van der Waals surface area contributed by atoms with E-state index >= 15 is 0 Å². The van der Waals surface area contributed by atoms with E-state index in [1.807, 2.05) is 6.92 Å². The molecule has 70 valence electrons. The van der Waals surface area contributed by atoms with Crippen LogP contribution in [-0.2, 0) is 9.53 Å². The van der Waals surface area contributed by atoms with Gasteiger partial charge in [-0.2, -0.15) is 0 Å². The molecular weight excluding hydrogens is 154 g/mol. The van der Waals surface area contributed by atoms with Crippen LogP contribution in [0.15, 0.2) is 0 Å². The van der Waals surface area contributed by atoms with E-state index < -0.39 is 0 Å². The lowest BCUT2D eigenvalue weighted by Crippen LogP contribution is -2.30. The number of hydrogen-bond acceptors (Lipinski definition) is 2. The van der Waals surface area contributed by atoms with Gasteiger partial charge in [0.05, 0.1) is 6.10 Å². The third-order valence-corrected chi connectivity index (χ3v) is 2.48. The SMILES string of the molecule is CCOC1CCC(C(N)=O)CC1. The minimum Gasteiger partial charge on any atom is -0.379 e. The van der Waals surface area contributed by atoms with E-state index in [4.69, 9.17) is 10.5 Å². The molecule has 0 saturated heterocycles. The first-order valence-electron chi connectivity index (χ1n) is 4.65. The third kappa shape index (κ3) is 2.48. The first kappa shape index (κ1) is 9.52. The van der Waals surface area contributed by atoms with Gasteiger partial charge in [0, 0.05) is 12.5 Å². The minimum absolute atomic E-state index is 0.0988. The van der Waals surface area contributed by atoms with Gasteiger partial charge in [-0.05, 0) is 32.6 Å². The van der Waals surface area contributed by atoms with Gasteiger partial charge >= 0.3 is 0 Å². The molecule has 0 atom stereocenters. The fourth-order valence-electron chi connectivity index (χ4n) is 1.75. The second-order valence-electron chi connectivity index (χ2n) is 3.33. The van der Waals surface area contributed by atoms with Crippen LogP contribution in [-0.4, -0.2) is 18.6 Å². The highest BCUT2D eigenvalue weighted by atomic mass is 16.5. The number of carbonyl (C=O) groups is 1. The Labute approximate surface area is 73.3 Å². The molecule has 3 heteroatoms. The maximum Gasteiger partial charge on any atom is 0.220 e. The molecule has 1 saturated carbocycles. The number of nitrogens with two attached hydrogens (primary N) is 1. The van der Waals surface area contributed by atoms with Gasteiger partial charge in [-0.1, -0.05) is 0 Å². The summed E-state index contributed by atoms with van der Waals surface area (Å²) in [5.41, 5.74) is 5.21. The quantitative estimate of drug-likeness (QED) is 0.690. The van der Waals surface area contributed by atoms with Crippen LogP contribution in [0.4, 0.5) is 0 Å². The van der Waals surface area contributed by atoms with Crippen molar-refractivity contribution < 1.29 is 9.53 Å². The van der Waals surface area contributed by atoms with Crippen LogP contribution in [0.25, 0.3) is 0 Å². The Morgan fingerprint density at radius 3 is 2.42 bits per heavy atom. The smallest absolute Gasteiger partial charge is 0.220 e. The van der Waals surface area contributed by atoms with Crippen LogP contribution in [0.2, 0.25) is 0 Å². The molecule has 1 fully saturated rings. The lowest BCUT2D eigenvalue weighted by Gasteiger charge is -2.26. The maximum absolute atomic E-state index is 10.8. The summed E-state index contributed by atoms with van der Waals surface area (Å²) in [6, 6.07) is 0. The van der Waals surface area contributed by atoms with E-state index in [0.29, 0.717) is 6.10 Å². The predicted molar refractivity (Wildman–Crippen MR) is 46.6 cm³/mol. The lowest BCUT2D eigenvalue weighted by atomic mass is 9.87. The van der Waals surface area contributed by atoms with Crippen molar-refractivity contribution in [3.05, 3.63) is 0 Å². The molecule has 2 N–H and O–H groups in total. The van der Waals surface area contributed by atoms with Crippen LogP contribution < -0.4 is 5.73 Å². The van der Waals surface area contributed by atoms with Crippen molar-refractivity contribution in [2.45, 2.75) is 38.7 Å². The first-order chi connectivity index (χ1) is 5.74. The largest absolute Gasteiger partial charge is 0.379 e. The van der Waals surface area contributed by atoms with Crippen LogP contribution in [0, 0.1) is 5.92 Å². The van der Waals surface area contributed by atoms with E-state index in [9.17, 15) is 4.79 Å². The topological polar surface area (TPSA) is 52.3 Å². The summed E-state index contributed by atoms with van der Waals surface area (Å²) in [6.07, 6.45) is 4.15. The molecule has 0 bridgehead atoms. The Morgan fingerprint density at radius 1 is 1.42 bits per heavy atom. The molecule has 0 aromatic carbocycles. The number of ether oxygens (including phenoxy) is 1. The van der Waals surface area contributed by atoms with Gasteiger partial charge in [0.1, 0.15) is 0 Å². The van der Waals surface area contributed by atoms with Gasteiger partial charge in [0.25, 0.3) is 0 Å². The molecule has 0 aromatic rings. The Balaban J connectivity index is 2.25. The fourth-order valence-corrected chi connectivity index (χ4v) is 1.75. The van der Waals surface area contributed by atoms with Crippen molar-refractivity contribution in [3.8, 4) is 0 Å². The molecule has 0 aliphatic heterocycles. The Kier molecular flexibility index (Phi) is 3.53. The minimum atomic E-state index is -0.148. The van der Waals surface area contributed by atoms with E-state index in [1.165, 1.54) is 0 Å². The second-order valence-corrected chi connectivity index (χ2v) is 3.33. The molecule has 1 aliphatic carbocycles. The highest BCUT2D eigenvalue weighted by Gasteiger charge is 2.24. The molecule has 3 nitrogen and oxygen atoms in total. The molecule has 12 heavy (non-hydrogen) atoms. The molecule has 1 aliphatic rings. The zero-order chi connectivity index (χ0) is 8.97. The Hall–Kier alpha value is -0.570. The van der Waals surface area contributed by atoms with Gasteiger partial charge in [0.2, 0.25) is 5.91 Å². The normalized spacial score (nSPS) is 30.1. The van der Waals surface area contributed by atoms with Gasteiger partial charge < -0.3 is 10.5 Å². The molecule has 0 spiro atoms. The fraction of sp³-hybridized carbons (Fsp3) is 0.889. The molecule has 0 heterocycles. The number of primary amides is 1. The molecule has 0 aromatic heterocycles. The van der Waals surface area contributed by atoms with E-state index in [-0.39, 0.29) is 11.8 Å². The van der Waals surface area contributed by atoms with Crippen LogP contribution in [0.3, 0.4) is 0 Å². The summed E-state index contributed by atoms with van der Waals surface area (Å²) >= 11 is 0. The highest BCUT2D eigenvalue weighted by molar-refractivity contribution is 5.76. The molecule has 1 amide bonds. The highest BCUT2D eigenvalue weighted by Crippen LogP contribution is 2.25. The van der Waals surface area contributed by atoms with Crippen LogP contribution >= 0.6 is 0 Å². The van der Waals surface area contributed by atoms with Gasteiger partial charge in [-0.15, -0.1) is 0 Å². The first-order valence-corrected chi connectivity index (χ1v) is 4.65. The van der Waals surface area contributed by atoms with E-state index in [0.717, 1.165) is 32.3 Å². The van der Waals surface area contributed by atoms with E-state index in [2.05, 4.69) is 0 Å². The van der Waals surface area contributed by atoms with Crippen molar-refractivity contribution >= 4 is 5.91 Å². The van der Waals surface area contributed by atoms with Crippen molar-refractivity contribution in [1.82, 2.24) is 0 Å². The van der Waals surface area contributed by atoms with E-state index in [1.54, 1.807) is 0 Å². The summed E-state index contributed by atoms with van der Waals surface area (Å²) < 4.78 is 5.46. The zero-order valence-electron chi connectivity index (χ0n) is 7.58. The van der Waals surface area contributed by atoms with Gasteiger partial charge in [-0.3, -0.25) is 4.79 Å². The van der Waals surface area contributed by atoms with Crippen LogP contribution in [0.1, 0.15) is 32.6 Å². The summed E-state index contributed by atoms with van der Waals surface area (Å²) in [4.78, 5) is 10.8.